The van der Waals surface area contributed by atoms with E-state index in [0.29, 0.717) is 0 Å². The molecule has 0 saturated heterocycles. The molecule has 1 aromatic carbocycles. The Morgan fingerprint density at radius 2 is 2.18 bits per heavy atom. The van der Waals surface area contributed by atoms with E-state index in [0.717, 1.165) is 15.8 Å². The normalized spacial score (nSPS) is 10.3. The first kappa shape index (κ1) is 6.61. The molecule has 0 atom stereocenters. The van der Waals surface area contributed by atoms with Crippen molar-refractivity contribution in [1.29, 1.82) is 0 Å². The summed E-state index contributed by atoms with van der Waals surface area (Å²) in [5.74, 6) is 0. The Morgan fingerprint density at radius 1 is 1.27 bits per heavy atom. The molecule has 0 radical (unpaired) electrons. The number of thiol groups is 1. The highest BCUT2D eigenvalue weighted by molar-refractivity contribution is 7.80. The third kappa shape index (κ3) is 1.19. The molecule has 0 unspecified atom stereocenters. The molecule has 0 aliphatic heterocycles. The fourth-order valence-corrected chi connectivity index (χ4v) is 1.19. The molecular formula is C8H6N2S. The van der Waals surface area contributed by atoms with E-state index in [4.69, 9.17) is 0 Å². The first-order valence-electron chi connectivity index (χ1n) is 3.25. The maximum atomic E-state index is 4.20. The average molecular weight is 162 g/mol. The number of benzene rings is 1. The van der Waals surface area contributed by atoms with Crippen molar-refractivity contribution in [1.82, 2.24) is 9.97 Å². The Kier molecular flexibility index (Phi) is 1.51. The third-order valence-corrected chi connectivity index (χ3v) is 1.77. The quantitative estimate of drug-likeness (QED) is 0.599. The Morgan fingerprint density at radius 3 is 3.09 bits per heavy atom. The molecule has 0 N–H and O–H groups in total. The van der Waals surface area contributed by atoms with E-state index in [1.54, 1.807) is 12.5 Å². The topological polar surface area (TPSA) is 25.8 Å². The van der Waals surface area contributed by atoms with Gasteiger partial charge in [-0.2, -0.15) is 0 Å². The number of nitrogens with zero attached hydrogens (tertiary/aromatic N) is 2. The second-order valence-corrected chi connectivity index (χ2v) is 2.78. The standard InChI is InChI=1S/C8H6N2S/c11-7-1-2-8-6(3-7)4-9-5-10-8/h1-5,11H. The predicted molar refractivity (Wildman–Crippen MR) is 46.8 cm³/mol. The van der Waals surface area contributed by atoms with Crippen LogP contribution in [0.1, 0.15) is 0 Å². The summed E-state index contributed by atoms with van der Waals surface area (Å²) in [5, 5.41) is 1.03. The first-order chi connectivity index (χ1) is 5.36. The molecule has 1 heterocycles. The molecule has 1 aromatic heterocycles. The molecule has 2 nitrogen and oxygen atoms in total. The van der Waals surface area contributed by atoms with E-state index in [9.17, 15) is 0 Å². The van der Waals surface area contributed by atoms with Gasteiger partial charge in [-0.05, 0) is 18.2 Å². The largest absolute Gasteiger partial charge is 0.244 e. The molecule has 0 amide bonds. The van der Waals surface area contributed by atoms with E-state index in [1.165, 1.54) is 0 Å². The van der Waals surface area contributed by atoms with E-state index in [1.807, 2.05) is 18.2 Å². The first-order valence-corrected chi connectivity index (χ1v) is 3.70. The van der Waals surface area contributed by atoms with Gasteiger partial charge >= 0.3 is 0 Å². The molecule has 11 heavy (non-hydrogen) atoms. The highest BCUT2D eigenvalue weighted by Crippen LogP contribution is 2.14. The lowest BCUT2D eigenvalue weighted by molar-refractivity contribution is 1.22. The van der Waals surface area contributed by atoms with E-state index in [2.05, 4.69) is 22.6 Å². The summed E-state index contributed by atoms with van der Waals surface area (Å²) in [4.78, 5) is 8.92. The second-order valence-electron chi connectivity index (χ2n) is 2.27. The number of fused-ring (bicyclic) bond motifs is 1. The number of hydrogen-bond acceptors (Lipinski definition) is 3. The van der Waals surface area contributed by atoms with Gasteiger partial charge in [0.25, 0.3) is 0 Å². The summed E-state index contributed by atoms with van der Waals surface area (Å²) in [5.41, 5.74) is 0.956. The minimum atomic E-state index is 0.937. The van der Waals surface area contributed by atoms with E-state index in [-0.39, 0.29) is 0 Å². The van der Waals surface area contributed by atoms with Gasteiger partial charge in [0.15, 0.2) is 0 Å². The highest BCUT2D eigenvalue weighted by Gasteiger charge is 1.92. The van der Waals surface area contributed by atoms with Crippen LogP contribution in [0.15, 0.2) is 35.6 Å². The molecule has 2 aromatic rings. The monoisotopic (exact) mass is 162 g/mol. The summed E-state index contributed by atoms with van der Waals surface area (Å²) in [6.07, 6.45) is 3.32. The van der Waals surface area contributed by atoms with Crippen LogP contribution in [-0.4, -0.2) is 9.97 Å². The van der Waals surface area contributed by atoms with Crippen LogP contribution < -0.4 is 0 Å². The van der Waals surface area contributed by atoms with E-state index < -0.39 is 0 Å². The van der Waals surface area contributed by atoms with Crippen molar-refractivity contribution in [3.63, 3.8) is 0 Å². The molecule has 3 heteroatoms. The molecule has 0 saturated carbocycles. The molecule has 54 valence electrons. The minimum absolute atomic E-state index is 0.937. The van der Waals surface area contributed by atoms with Gasteiger partial charge in [-0.15, -0.1) is 12.6 Å². The fourth-order valence-electron chi connectivity index (χ4n) is 0.972. The summed E-state index contributed by atoms with van der Waals surface area (Å²) in [6.45, 7) is 0. The van der Waals surface area contributed by atoms with Crippen molar-refractivity contribution in [2.24, 2.45) is 0 Å². The zero-order chi connectivity index (χ0) is 7.68. The van der Waals surface area contributed by atoms with Crippen LogP contribution in [0, 0.1) is 0 Å². The Labute approximate surface area is 69.7 Å². The van der Waals surface area contributed by atoms with Gasteiger partial charge in [0.05, 0.1) is 5.52 Å². The van der Waals surface area contributed by atoms with Crippen LogP contribution >= 0.6 is 12.6 Å². The van der Waals surface area contributed by atoms with Gasteiger partial charge in [-0.1, -0.05) is 0 Å². The summed E-state index contributed by atoms with van der Waals surface area (Å²) < 4.78 is 0. The van der Waals surface area contributed by atoms with Crippen LogP contribution in [0.4, 0.5) is 0 Å². The average Bonchev–Trinajstić information content (AvgIpc) is 2.04. The van der Waals surface area contributed by atoms with Gasteiger partial charge < -0.3 is 0 Å². The van der Waals surface area contributed by atoms with Crippen LogP contribution in [-0.2, 0) is 0 Å². The fraction of sp³-hybridized carbons (Fsp3) is 0. The Hall–Kier alpha value is -1.09. The predicted octanol–water partition coefficient (Wildman–Crippen LogP) is 1.92. The van der Waals surface area contributed by atoms with Crippen LogP contribution in [0.5, 0.6) is 0 Å². The maximum absolute atomic E-state index is 4.20. The van der Waals surface area contributed by atoms with Gasteiger partial charge in [0.1, 0.15) is 6.33 Å². The zero-order valence-corrected chi connectivity index (χ0v) is 6.62. The maximum Gasteiger partial charge on any atom is 0.116 e. The minimum Gasteiger partial charge on any atom is -0.244 e. The van der Waals surface area contributed by atoms with Crippen molar-refractivity contribution in [3.05, 3.63) is 30.7 Å². The van der Waals surface area contributed by atoms with Crippen LogP contribution in [0.3, 0.4) is 0 Å². The van der Waals surface area contributed by atoms with Crippen LogP contribution in [0.25, 0.3) is 10.9 Å². The molecular weight excluding hydrogens is 156 g/mol. The molecule has 0 aliphatic carbocycles. The smallest absolute Gasteiger partial charge is 0.116 e. The Bertz CT molecular complexity index is 387. The van der Waals surface area contributed by atoms with Gasteiger partial charge in [-0.3, -0.25) is 0 Å². The van der Waals surface area contributed by atoms with Crippen molar-refractivity contribution in [2.45, 2.75) is 4.90 Å². The molecule has 0 fully saturated rings. The van der Waals surface area contributed by atoms with Crippen molar-refractivity contribution in [3.8, 4) is 0 Å². The molecule has 0 aliphatic rings. The number of rotatable bonds is 0. The summed E-state index contributed by atoms with van der Waals surface area (Å²) in [7, 11) is 0. The molecule has 0 bridgehead atoms. The molecule has 0 spiro atoms. The summed E-state index contributed by atoms with van der Waals surface area (Å²) >= 11 is 4.20. The lowest BCUT2D eigenvalue weighted by atomic mass is 10.2. The van der Waals surface area contributed by atoms with Crippen molar-refractivity contribution >= 4 is 23.5 Å². The number of hydrogen-bond donors (Lipinski definition) is 1. The number of aromatic nitrogens is 2. The SMILES string of the molecule is Sc1ccc2ncncc2c1. The van der Waals surface area contributed by atoms with Crippen molar-refractivity contribution < 1.29 is 0 Å². The third-order valence-electron chi connectivity index (χ3n) is 1.49. The van der Waals surface area contributed by atoms with Gasteiger partial charge in [-0.25, -0.2) is 9.97 Å². The van der Waals surface area contributed by atoms with Gasteiger partial charge in [0.2, 0.25) is 0 Å². The second kappa shape index (κ2) is 2.51. The van der Waals surface area contributed by atoms with Crippen molar-refractivity contribution in [2.75, 3.05) is 0 Å². The summed E-state index contributed by atoms with van der Waals surface area (Å²) in [6, 6.07) is 5.79. The zero-order valence-electron chi connectivity index (χ0n) is 5.73. The van der Waals surface area contributed by atoms with E-state index >= 15 is 0 Å². The lowest BCUT2D eigenvalue weighted by Gasteiger charge is -1.94. The van der Waals surface area contributed by atoms with Gasteiger partial charge in [0, 0.05) is 16.5 Å². The highest BCUT2D eigenvalue weighted by atomic mass is 32.1. The Balaban J connectivity index is 2.83. The molecule has 2 rings (SSSR count). The lowest BCUT2D eigenvalue weighted by Crippen LogP contribution is -1.79. The van der Waals surface area contributed by atoms with Crippen LogP contribution in [0.2, 0.25) is 0 Å².